The van der Waals surface area contributed by atoms with Crippen molar-refractivity contribution in [1.29, 1.82) is 0 Å². The summed E-state index contributed by atoms with van der Waals surface area (Å²) in [5.41, 5.74) is 2.22. The first-order valence-corrected chi connectivity index (χ1v) is 9.43. The van der Waals surface area contributed by atoms with Crippen molar-refractivity contribution in [1.82, 2.24) is 4.98 Å². The van der Waals surface area contributed by atoms with Gasteiger partial charge in [-0.05, 0) is 30.3 Å². The van der Waals surface area contributed by atoms with Gasteiger partial charge in [0.1, 0.15) is 24.0 Å². The van der Waals surface area contributed by atoms with Crippen LogP contribution in [0.4, 0.5) is 0 Å². The summed E-state index contributed by atoms with van der Waals surface area (Å²) in [7, 11) is 0. The van der Waals surface area contributed by atoms with Crippen LogP contribution in [0.15, 0.2) is 78.9 Å². The number of para-hydroxylation sites is 2. The van der Waals surface area contributed by atoms with Crippen molar-refractivity contribution in [2.24, 2.45) is 0 Å². The fourth-order valence-electron chi connectivity index (χ4n) is 2.72. The van der Waals surface area contributed by atoms with Gasteiger partial charge in [-0.25, -0.2) is 9.78 Å². The topological polar surface area (TPSA) is 48.4 Å². The highest BCUT2D eigenvalue weighted by atomic mass is 32.1. The van der Waals surface area contributed by atoms with E-state index >= 15 is 0 Å². The Balaban J connectivity index is 1.46. The quantitative estimate of drug-likeness (QED) is 0.343. The second-order valence-electron chi connectivity index (χ2n) is 5.83. The number of hydrogen-bond acceptors (Lipinski definition) is 5. The molecule has 27 heavy (non-hydrogen) atoms. The Kier molecular flexibility index (Phi) is 5.12. The molecular weight excluding hydrogens is 358 g/mol. The van der Waals surface area contributed by atoms with Gasteiger partial charge >= 0.3 is 5.97 Å². The van der Waals surface area contributed by atoms with Crippen LogP contribution in [-0.4, -0.2) is 24.2 Å². The minimum absolute atomic E-state index is 0.182. The number of ether oxygens (including phenoxy) is 2. The number of fused-ring (bicyclic) bond motifs is 1. The lowest BCUT2D eigenvalue weighted by atomic mass is 10.1. The van der Waals surface area contributed by atoms with E-state index in [0.717, 1.165) is 26.5 Å². The molecular formula is C22H17NO3S. The summed E-state index contributed by atoms with van der Waals surface area (Å²) >= 11 is 1.56. The minimum atomic E-state index is -0.374. The lowest BCUT2D eigenvalue weighted by Crippen LogP contribution is -2.13. The summed E-state index contributed by atoms with van der Waals surface area (Å²) in [6.45, 7) is 0.487. The van der Waals surface area contributed by atoms with Crippen LogP contribution in [0.5, 0.6) is 5.75 Å². The van der Waals surface area contributed by atoms with E-state index in [1.807, 2.05) is 72.8 Å². The van der Waals surface area contributed by atoms with Crippen molar-refractivity contribution in [2.45, 2.75) is 0 Å². The molecule has 0 atom stereocenters. The van der Waals surface area contributed by atoms with Gasteiger partial charge in [-0.1, -0.05) is 48.5 Å². The van der Waals surface area contributed by atoms with Gasteiger partial charge in [-0.15, -0.1) is 11.3 Å². The summed E-state index contributed by atoms with van der Waals surface area (Å²) in [5, 5.41) is 0.810. The van der Waals surface area contributed by atoms with E-state index in [9.17, 15) is 4.79 Å². The molecule has 0 spiro atoms. The molecule has 0 unspecified atom stereocenters. The van der Waals surface area contributed by atoms with E-state index < -0.39 is 0 Å². The largest absolute Gasteiger partial charge is 0.490 e. The summed E-state index contributed by atoms with van der Waals surface area (Å²) in [6.07, 6.45) is 0. The van der Waals surface area contributed by atoms with Gasteiger partial charge in [0.25, 0.3) is 0 Å². The van der Waals surface area contributed by atoms with Crippen molar-refractivity contribution in [3.63, 3.8) is 0 Å². The van der Waals surface area contributed by atoms with Crippen molar-refractivity contribution in [3.8, 4) is 16.3 Å². The molecule has 0 N–H and O–H groups in total. The number of esters is 1. The number of hydrogen-bond donors (Lipinski definition) is 0. The van der Waals surface area contributed by atoms with Gasteiger partial charge in [0.05, 0.1) is 15.8 Å². The third kappa shape index (κ3) is 3.99. The number of thiazole rings is 1. The maximum atomic E-state index is 12.6. The lowest BCUT2D eigenvalue weighted by molar-refractivity contribution is 0.0451. The molecule has 0 radical (unpaired) electrons. The Morgan fingerprint density at radius 2 is 1.59 bits per heavy atom. The zero-order chi connectivity index (χ0) is 18.5. The van der Waals surface area contributed by atoms with E-state index in [0.29, 0.717) is 12.2 Å². The Morgan fingerprint density at radius 3 is 2.44 bits per heavy atom. The molecule has 0 aliphatic carbocycles. The third-order valence-corrected chi connectivity index (χ3v) is 5.07. The molecule has 0 bridgehead atoms. The molecule has 1 heterocycles. The van der Waals surface area contributed by atoms with Crippen molar-refractivity contribution < 1.29 is 14.3 Å². The molecule has 4 rings (SSSR count). The molecule has 4 aromatic rings. The second-order valence-corrected chi connectivity index (χ2v) is 6.86. The molecule has 4 nitrogen and oxygen atoms in total. The number of carbonyl (C=O) groups is 1. The zero-order valence-corrected chi connectivity index (χ0v) is 15.3. The maximum absolute atomic E-state index is 12.6. The molecule has 5 heteroatoms. The number of nitrogens with zero attached hydrogens (tertiary/aromatic N) is 1. The van der Waals surface area contributed by atoms with E-state index in [1.54, 1.807) is 17.4 Å². The van der Waals surface area contributed by atoms with Gasteiger partial charge in [-0.2, -0.15) is 0 Å². The van der Waals surface area contributed by atoms with Crippen LogP contribution < -0.4 is 4.74 Å². The smallest absolute Gasteiger partial charge is 0.338 e. The second kappa shape index (κ2) is 8.01. The van der Waals surface area contributed by atoms with Crippen LogP contribution in [0.3, 0.4) is 0 Å². The molecule has 1 aromatic heterocycles. The van der Waals surface area contributed by atoms with Gasteiger partial charge in [0, 0.05) is 5.56 Å². The highest BCUT2D eigenvalue weighted by Gasteiger charge is 2.16. The molecule has 0 aliphatic rings. The summed E-state index contributed by atoms with van der Waals surface area (Å²) in [6, 6.07) is 24.8. The highest BCUT2D eigenvalue weighted by Crippen LogP contribution is 2.32. The summed E-state index contributed by atoms with van der Waals surface area (Å²) in [4.78, 5) is 17.2. The Bertz CT molecular complexity index is 1030. The third-order valence-electron chi connectivity index (χ3n) is 4.00. The first kappa shape index (κ1) is 17.2. The van der Waals surface area contributed by atoms with Crippen LogP contribution in [0, 0.1) is 0 Å². The number of rotatable bonds is 6. The predicted molar refractivity (Wildman–Crippen MR) is 107 cm³/mol. The molecule has 0 saturated carbocycles. The summed E-state index contributed by atoms with van der Waals surface area (Å²) in [5.74, 6) is 0.380. The van der Waals surface area contributed by atoms with Crippen molar-refractivity contribution >= 4 is 27.5 Å². The lowest BCUT2D eigenvalue weighted by Gasteiger charge is -2.09. The average Bonchev–Trinajstić information content (AvgIpc) is 3.16. The molecule has 0 fully saturated rings. The van der Waals surface area contributed by atoms with Crippen LogP contribution in [0.1, 0.15) is 10.4 Å². The highest BCUT2D eigenvalue weighted by molar-refractivity contribution is 7.21. The molecule has 0 amide bonds. The van der Waals surface area contributed by atoms with E-state index in [-0.39, 0.29) is 12.6 Å². The first-order chi connectivity index (χ1) is 13.3. The molecule has 3 aromatic carbocycles. The molecule has 0 saturated heterocycles. The van der Waals surface area contributed by atoms with Crippen molar-refractivity contribution in [2.75, 3.05) is 13.2 Å². The van der Waals surface area contributed by atoms with Crippen LogP contribution in [0.25, 0.3) is 20.8 Å². The van der Waals surface area contributed by atoms with Gasteiger partial charge in [-0.3, -0.25) is 0 Å². The normalized spacial score (nSPS) is 10.7. The van der Waals surface area contributed by atoms with Crippen molar-refractivity contribution in [3.05, 3.63) is 84.4 Å². The Labute approximate surface area is 161 Å². The first-order valence-electron chi connectivity index (χ1n) is 8.61. The standard InChI is InChI=1S/C22H17NO3S/c24-22(26-15-14-25-16-8-2-1-3-9-16)18-11-5-4-10-17(18)21-23-19-12-6-7-13-20(19)27-21/h1-13H,14-15H2. The van der Waals surface area contributed by atoms with Gasteiger partial charge < -0.3 is 9.47 Å². The Morgan fingerprint density at radius 1 is 0.852 bits per heavy atom. The van der Waals surface area contributed by atoms with Gasteiger partial charge in [0.2, 0.25) is 0 Å². The SMILES string of the molecule is O=C(OCCOc1ccccc1)c1ccccc1-c1nc2ccccc2s1. The van der Waals surface area contributed by atoms with E-state index in [2.05, 4.69) is 4.98 Å². The molecule has 0 aliphatic heterocycles. The monoisotopic (exact) mass is 375 g/mol. The van der Waals surface area contributed by atoms with Crippen LogP contribution >= 0.6 is 11.3 Å². The van der Waals surface area contributed by atoms with Crippen LogP contribution in [-0.2, 0) is 4.74 Å². The number of carbonyl (C=O) groups excluding carboxylic acids is 1. The predicted octanol–water partition coefficient (Wildman–Crippen LogP) is 5.20. The van der Waals surface area contributed by atoms with E-state index in [4.69, 9.17) is 9.47 Å². The zero-order valence-electron chi connectivity index (χ0n) is 14.5. The maximum Gasteiger partial charge on any atom is 0.338 e. The number of aromatic nitrogens is 1. The van der Waals surface area contributed by atoms with Crippen LogP contribution in [0.2, 0.25) is 0 Å². The number of benzene rings is 3. The fourth-order valence-corrected chi connectivity index (χ4v) is 3.73. The average molecular weight is 375 g/mol. The fraction of sp³-hybridized carbons (Fsp3) is 0.0909. The van der Waals surface area contributed by atoms with E-state index in [1.165, 1.54) is 0 Å². The van der Waals surface area contributed by atoms with Gasteiger partial charge in [0.15, 0.2) is 0 Å². The minimum Gasteiger partial charge on any atom is -0.490 e. The summed E-state index contributed by atoms with van der Waals surface area (Å²) < 4.78 is 12.0. The Hall–Kier alpha value is -3.18. The molecule has 134 valence electrons.